The molecule has 0 fully saturated rings. The lowest BCUT2D eigenvalue weighted by atomic mass is 10.0. The Morgan fingerprint density at radius 2 is 2.06 bits per heavy atom. The molecule has 1 aromatic carbocycles. The minimum Gasteiger partial charge on any atom is -0.483 e. The van der Waals surface area contributed by atoms with E-state index in [9.17, 15) is 0 Å². The maximum absolute atomic E-state index is 5.98. The standard InChI is InChI=1S/C14H14N2O/c15-11-7-10-6-5-9-3-1-2-4-13(9)17-14(10)12(16)8-11/h1-3,5-8,13H,4,15-16H2. The molecule has 1 aliphatic heterocycles. The number of anilines is 2. The van der Waals surface area contributed by atoms with Gasteiger partial charge in [0, 0.05) is 17.7 Å². The van der Waals surface area contributed by atoms with Gasteiger partial charge in [0.1, 0.15) is 6.10 Å². The van der Waals surface area contributed by atoms with E-state index in [0.717, 1.165) is 17.7 Å². The van der Waals surface area contributed by atoms with Crippen LogP contribution in [-0.4, -0.2) is 6.10 Å². The van der Waals surface area contributed by atoms with Crippen LogP contribution >= 0.6 is 0 Å². The van der Waals surface area contributed by atoms with E-state index in [2.05, 4.69) is 18.2 Å². The molecule has 17 heavy (non-hydrogen) atoms. The van der Waals surface area contributed by atoms with E-state index in [4.69, 9.17) is 16.2 Å². The summed E-state index contributed by atoms with van der Waals surface area (Å²) in [4.78, 5) is 0. The SMILES string of the molecule is Nc1cc(N)c2c(c1)C=CC1=CC=CCC1O2. The molecule has 0 bridgehead atoms. The zero-order valence-corrected chi connectivity index (χ0v) is 9.39. The second kappa shape index (κ2) is 3.70. The normalized spacial score (nSPS) is 20.9. The van der Waals surface area contributed by atoms with Crippen molar-refractivity contribution in [2.24, 2.45) is 0 Å². The highest BCUT2D eigenvalue weighted by Crippen LogP contribution is 2.36. The average Bonchev–Trinajstić information content (AvgIpc) is 2.49. The maximum atomic E-state index is 5.98. The number of nitrogens with two attached hydrogens (primary N) is 2. The number of hydrogen-bond acceptors (Lipinski definition) is 3. The highest BCUT2D eigenvalue weighted by atomic mass is 16.5. The smallest absolute Gasteiger partial charge is 0.150 e. The second-order valence-corrected chi connectivity index (χ2v) is 4.30. The Bertz CT molecular complexity index is 556. The number of nitrogen functional groups attached to an aromatic ring is 2. The molecule has 3 rings (SSSR count). The first kappa shape index (κ1) is 10.0. The molecule has 3 heteroatoms. The van der Waals surface area contributed by atoms with E-state index in [1.54, 1.807) is 6.07 Å². The number of fused-ring (bicyclic) bond motifs is 2. The molecule has 1 unspecified atom stereocenters. The fourth-order valence-electron chi connectivity index (χ4n) is 2.19. The molecule has 4 N–H and O–H groups in total. The van der Waals surface area contributed by atoms with Gasteiger partial charge < -0.3 is 16.2 Å². The monoisotopic (exact) mass is 226 g/mol. The molecule has 0 spiro atoms. The quantitative estimate of drug-likeness (QED) is 0.668. The highest BCUT2D eigenvalue weighted by Gasteiger charge is 2.21. The highest BCUT2D eigenvalue weighted by molar-refractivity contribution is 5.74. The number of hydrogen-bond donors (Lipinski definition) is 2. The first-order valence-corrected chi connectivity index (χ1v) is 5.64. The Balaban J connectivity index is 2.11. The van der Waals surface area contributed by atoms with Gasteiger partial charge in [-0.3, -0.25) is 0 Å². The third-order valence-electron chi connectivity index (χ3n) is 3.03. The Hall–Kier alpha value is -2.16. The fourth-order valence-corrected chi connectivity index (χ4v) is 2.19. The summed E-state index contributed by atoms with van der Waals surface area (Å²) in [6.07, 6.45) is 11.2. The van der Waals surface area contributed by atoms with Crippen molar-refractivity contribution in [2.45, 2.75) is 12.5 Å². The lowest BCUT2D eigenvalue weighted by molar-refractivity contribution is 0.245. The Morgan fingerprint density at radius 3 is 2.94 bits per heavy atom. The van der Waals surface area contributed by atoms with Crippen molar-refractivity contribution >= 4 is 17.5 Å². The zero-order valence-electron chi connectivity index (χ0n) is 9.39. The molecule has 2 aliphatic rings. The van der Waals surface area contributed by atoms with Gasteiger partial charge in [-0.2, -0.15) is 0 Å². The summed E-state index contributed by atoms with van der Waals surface area (Å²) in [6, 6.07) is 3.62. The molecule has 0 saturated carbocycles. The van der Waals surface area contributed by atoms with Gasteiger partial charge in [0.15, 0.2) is 5.75 Å². The lowest BCUT2D eigenvalue weighted by Crippen LogP contribution is -2.19. The van der Waals surface area contributed by atoms with Crippen LogP contribution in [0.5, 0.6) is 5.75 Å². The minimum atomic E-state index is 0.0587. The molecular weight excluding hydrogens is 212 g/mol. The molecule has 1 atom stereocenters. The van der Waals surface area contributed by atoms with Gasteiger partial charge in [0.05, 0.1) is 5.69 Å². The molecule has 86 valence electrons. The minimum absolute atomic E-state index is 0.0587. The summed E-state index contributed by atoms with van der Waals surface area (Å²) < 4.78 is 5.98. The van der Waals surface area contributed by atoms with Crippen molar-refractivity contribution in [2.75, 3.05) is 11.5 Å². The molecule has 3 nitrogen and oxygen atoms in total. The number of allylic oxidation sites excluding steroid dienone is 2. The number of benzene rings is 1. The van der Waals surface area contributed by atoms with Crippen LogP contribution in [-0.2, 0) is 0 Å². The Morgan fingerprint density at radius 1 is 1.18 bits per heavy atom. The predicted molar refractivity (Wildman–Crippen MR) is 70.6 cm³/mol. The van der Waals surface area contributed by atoms with Gasteiger partial charge >= 0.3 is 0 Å². The van der Waals surface area contributed by atoms with E-state index in [1.165, 1.54) is 5.57 Å². The van der Waals surface area contributed by atoms with Gasteiger partial charge in [0.2, 0.25) is 0 Å². The van der Waals surface area contributed by atoms with Crippen LogP contribution in [0.2, 0.25) is 0 Å². The molecule has 1 aromatic rings. The van der Waals surface area contributed by atoms with E-state index in [1.807, 2.05) is 18.2 Å². The molecule has 1 heterocycles. The maximum Gasteiger partial charge on any atom is 0.150 e. The largest absolute Gasteiger partial charge is 0.483 e. The Kier molecular flexibility index (Phi) is 2.18. The van der Waals surface area contributed by atoms with Gasteiger partial charge in [-0.25, -0.2) is 0 Å². The molecule has 0 aromatic heterocycles. The van der Waals surface area contributed by atoms with Crippen LogP contribution in [0.3, 0.4) is 0 Å². The zero-order chi connectivity index (χ0) is 11.8. The molecule has 0 amide bonds. The van der Waals surface area contributed by atoms with Crippen LogP contribution in [0.25, 0.3) is 6.08 Å². The third-order valence-corrected chi connectivity index (χ3v) is 3.03. The Labute approximate surface area is 100 Å². The molecule has 0 radical (unpaired) electrons. The molecule has 1 aliphatic carbocycles. The van der Waals surface area contributed by atoms with E-state index in [-0.39, 0.29) is 6.10 Å². The summed E-state index contributed by atoms with van der Waals surface area (Å²) >= 11 is 0. The van der Waals surface area contributed by atoms with E-state index >= 15 is 0 Å². The van der Waals surface area contributed by atoms with Crippen LogP contribution < -0.4 is 16.2 Å². The predicted octanol–water partition coefficient (Wildman–Crippen LogP) is 2.51. The van der Waals surface area contributed by atoms with Crippen LogP contribution in [0.15, 0.2) is 42.0 Å². The van der Waals surface area contributed by atoms with Gasteiger partial charge in [-0.1, -0.05) is 30.4 Å². The first-order chi connectivity index (χ1) is 8.24. The van der Waals surface area contributed by atoms with Crippen molar-refractivity contribution < 1.29 is 4.74 Å². The summed E-state index contributed by atoms with van der Waals surface area (Å²) in [5.74, 6) is 0.735. The van der Waals surface area contributed by atoms with Crippen LogP contribution in [0, 0.1) is 0 Å². The van der Waals surface area contributed by atoms with Crippen LogP contribution in [0.1, 0.15) is 12.0 Å². The van der Waals surface area contributed by atoms with Crippen molar-refractivity contribution in [1.29, 1.82) is 0 Å². The first-order valence-electron chi connectivity index (χ1n) is 5.64. The van der Waals surface area contributed by atoms with Crippen LogP contribution in [0.4, 0.5) is 11.4 Å². The number of ether oxygens (including phenoxy) is 1. The fraction of sp³-hybridized carbons (Fsp3) is 0.143. The van der Waals surface area contributed by atoms with Gasteiger partial charge in [0.25, 0.3) is 0 Å². The summed E-state index contributed by atoms with van der Waals surface area (Å²) in [5.41, 5.74) is 15.1. The average molecular weight is 226 g/mol. The summed E-state index contributed by atoms with van der Waals surface area (Å²) in [6.45, 7) is 0. The molecule has 0 saturated heterocycles. The van der Waals surface area contributed by atoms with Crippen molar-refractivity contribution in [3.05, 3.63) is 47.6 Å². The van der Waals surface area contributed by atoms with Crippen molar-refractivity contribution in [3.8, 4) is 5.75 Å². The van der Waals surface area contributed by atoms with Gasteiger partial charge in [-0.05, 0) is 17.7 Å². The van der Waals surface area contributed by atoms with Crippen molar-refractivity contribution in [3.63, 3.8) is 0 Å². The third kappa shape index (κ3) is 1.69. The topological polar surface area (TPSA) is 61.3 Å². The summed E-state index contributed by atoms with van der Waals surface area (Å²) in [5, 5.41) is 0. The van der Waals surface area contributed by atoms with Gasteiger partial charge in [-0.15, -0.1) is 0 Å². The van der Waals surface area contributed by atoms with Crippen molar-refractivity contribution in [1.82, 2.24) is 0 Å². The lowest BCUT2D eigenvalue weighted by Gasteiger charge is -2.21. The van der Waals surface area contributed by atoms with E-state index in [0.29, 0.717) is 11.4 Å². The van der Waals surface area contributed by atoms with E-state index < -0.39 is 0 Å². The second-order valence-electron chi connectivity index (χ2n) is 4.30. The summed E-state index contributed by atoms with van der Waals surface area (Å²) in [7, 11) is 0. The number of rotatable bonds is 0. The molecular formula is C14H14N2O.